The molecule has 1 aromatic heterocycles. The molecule has 0 spiro atoms. The third kappa shape index (κ3) is 2.60. The molecule has 3 fully saturated rings. The highest BCUT2D eigenvalue weighted by molar-refractivity contribution is 6.06. The van der Waals surface area contributed by atoms with Crippen molar-refractivity contribution in [3.05, 3.63) is 34.7 Å². The maximum atomic E-state index is 13.5. The zero-order chi connectivity index (χ0) is 20.6. The molecule has 4 nitrogen and oxygen atoms in total. The summed E-state index contributed by atoms with van der Waals surface area (Å²) in [6.45, 7) is 6.69. The Bertz CT molecular complexity index is 967. The van der Waals surface area contributed by atoms with Crippen molar-refractivity contribution in [3.8, 4) is 0 Å². The third-order valence-corrected chi connectivity index (χ3v) is 9.20. The predicted molar refractivity (Wildman–Crippen MR) is 113 cm³/mol. The molecule has 0 bridgehead atoms. The second-order valence-corrected chi connectivity index (χ2v) is 10.4. The Kier molecular flexibility index (Phi) is 4.11. The molecule has 0 saturated heterocycles. The molecule has 4 heteroatoms. The van der Waals surface area contributed by atoms with Crippen LogP contribution in [0, 0.1) is 35.5 Å². The Morgan fingerprint density at radius 3 is 2.62 bits per heavy atom. The average Bonchev–Trinajstić information content (AvgIpc) is 3.14. The number of aryl methyl sites for hydroxylation is 1. The maximum absolute atomic E-state index is 13.5. The Morgan fingerprint density at radius 1 is 1.10 bits per heavy atom. The van der Waals surface area contributed by atoms with Crippen LogP contribution in [-0.4, -0.2) is 21.3 Å². The number of carbonyl (C=O) groups excluding carboxylic acids is 2. The molecule has 3 saturated carbocycles. The first kappa shape index (κ1) is 19.0. The van der Waals surface area contributed by atoms with Crippen LogP contribution in [0.25, 0.3) is 6.08 Å². The molecule has 0 aliphatic heterocycles. The van der Waals surface area contributed by atoms with Crippen molar-refractivity contribution in [2.24, 2.45) is 35.6 Å². The lowest BCUT2D eigenvalue weighted by Gasteiger charge is -2.56. The van der Waals surface area contributed by atoms with Crippen molar-refractivity contribution in [2.75, 3.05) is 0 Å². The molecule has 0 unspecified atom stereocenters. The zero-order valence-corrected chi connectivity index (χ0v) is 18.1. The van der Waals surface area contributed by atoms with Crippen LogP contribution in [0.4, 0.5) is 0 Å². The van der Waals surface area contributed by atoms with Crippen LogP contribution in [0.15, 0.2) is 23.4 Å². The molecule has 0 radical (unpaired) electrons. The van der Waals surface area contributed by atoms with Crippen LogP contribution < -0.4 is 0 Å². The van der Waals surface area contributed by atoms with E-state index in [1.807, 2.05) is 24.0 Å². The number of Topliss-reactive ketones (excluding diaryl/α,β-unsaturated/α-hetero) is 1. The Morgan fingerprint density at radius 2 is 1.90 bits per heavy atom. The van der Waals surface area contributed by atoms with Gasteiger partial charge in [-0.25, -0.2) is 0 Å². The Balaban J connectivity index is 1.49. The smallest absolute Gasteiger partial charge is 0.165 e. The van der Waals surface area contributed by atoms with Gasteiger partial charge in [0.2, 0.25) is 0 Å². The summed E-state index contributed by atoms with van der Waals surface area (Å²) in [5.41, 5.74) is 4.51. The monoisotopic (exact) mass is 392 g/mol. The molecule has 0 aromatic carbocycles. The highest BCUT2D eigenvalue weighted by Gasteiger charge is 2.60. The molecule has 1 aromatic rings. The van der Waals surface area contributed by atoms with Gasteiger partial charge in [-0.15, -0.1) is 0 Å². The molecular weight excluding hydrogens is 360 g/mol. The van der Waals surface area contributed by atoms with Gasteiger partial charge in [0.15, 0.2) is 11.6 Å². The minimum atomic E-state index is -0.217. The normalized spacial score (nSPS) is 40.5. The van der Waals surface area contributed by atoms with Crippen LogP contribution >= 0.6 is 0 Å². The van der Waals surface area contributed by atoms with E-state index in [1.54, 1.807) is 0 Å². The fourth-order valence-corrected chi connectivity index (χ4v) is 7.20. The van der Waals surface area contributed by atoms with E-state index in [1.165, 1.54) is 5.57 Å². The van der Waals surface area contributed by atoms with Gasteiger partial charge in [0.25, 0.3) is 0 Å². The van der Waals surface area contributed by atoms with Crippen LogP contribution in [-0.2, 0) is 16.6 Å². The number of allylic oxidation sites excluding steroid dienone is 2. The van der Waals surface area contributed by atoms with Gasteiger partial charge in [-0.2, -0.15) is 5.10 Å². The van der Waals surface area contributed by atoms with Gasteiger partial charge in [-0.1, -0.05) is 19.4 Å². The van der Waals surface area contributed by atoms with Crippen molar-refractivity contribution in [1.29, 1.82) is 0 Å². The van der Waals surface area contributed by atoms with E-state index in [9.17, 15) is 9.59 Å². The average molecular weight is 393 g/mol. The minimum absolute atomic E-state index is 0.160. The van der Waals surface area contributed by atoms with Crippen molar-refractivity contribution in [2.45, 2.75) is 65.7 Å². The van der Waals surface area contributed by atoms with E-state index in [0.717, 1.165) is 55.4 Å². The van der Waals surface area contributed by atoms with E-state index in [4.69, 9.17) is 0 Å². The fourth-order valence-electron chi connectivity index (χ4n) is 7.20. The van der Waals surface area contributed by atoms with Gasteiger partial charge in [0, 0.05) is 30.1 Å². The molecule has 0 N–H and O–H groups in total. The van der Waals surface area contributed by atoms with Crippen LogP contribution in [0.2, 0.25) is 0 Å². The van der Waals surface area contributed by atoms with Crippen molar-refractivity contribution in [1.82, 2.24) is 9.78 Å². The van der Waals surface area contributed by atoms with Crippen LogP contribution in [0.5, 0.6) is 0 Å². The summed E-state index contributed by atoms with van der Waals surface area (Å²) in [5.74, 6) is 2.32. The standard InChI is InChI=1S/C25H32N2O2/c1-15-17(14-26-27(15)4)11-16-12-22-20-6-5-18-13-19(28)7-9-24(18,2)21(20)8-10-25(22,3)23(16)29/h11,13-14,20-22H,5-10,12H2,1-4H3/b16-11+/t20-,21+,22+,24+,25-/m0/s1. The summed E-state index contributed by atoms with van der Waals surface area (Å²) in [7, 11) is 1.95. The summed E-state index contributed by atoms with van der Waals surface area (Å²) in [6.07, 6.45) is 12.8. The number of carbonyl (C=O) groups is 2. The number of aromatic nitrogens is 2. The number of nitrogens with zero attached hydrogens (tertiary/aromatic N) is 2. The second-order valence-electron chi connectivity index (χ2n) is 10.4. The number of ketones is 2. The van der Waals surface area contributed by atoms with Gasteiger partial charge in [-0.3, -0.25) is 14.3 Å². The molecule has 4 aliphatic carbocycles. The quantitative estimate of drug-likeness (QED) is 0.644. The number of fused-ring (bicyclic) bond motifs is 5. The summed E-state index contributed by atoms with van der Waals surface area (Å²) < 4.78 is 1.87. The second kappa shape index (κ2) is 6.26. The zero-order valence-electron chi connectivity index (χ0n) is 18.1. The van der Waals surface area contributed by atoms with Gasteiger partial charge >= 0.3 is 0 Å². The third-order valence-electron chi connectivity index (χ3n) is 9.20. The SMILES string of the molecule is Cc1c(/C=C2\C[C@@H]3[C@H]4CCC5=CC(=O)CC[C@@]5(C)[C@@H]4CC[C@]3(C)C2=O)cnn1C. The highest BCUT2D eigenvalue weighted by Crippen LogP contribution is 2.65. The maximum Gasteiger partial charge on any atom is 0.165 e. The predicted octanol–water partition coefficient (Wildman–Crippen LogP) is 4.82. The van der Waals surface area contributed by atoms with E-state index >= 15 is 0 Å². The Hall–Kier alpha value is -1.97. The topological polar surface area (TPSA) is 52.0 Å². The lowest BCUT2D eigenvalue weighted by molar-refractivity contribution is -0.130. The van der Waals surface area contributed by atoms with Crippen LogP contribution in [0.1, 0.15) is 70.1 Å². The van der Waals surface area contributed by atoms with Gasteiger partial charge in [0.1, 0.15) is 0 Å². The van der Waals surface area contributed by atoms with Gasteiger partial charge < -0.3 is 0 Å². The largest absolute Gasteiger partial charge is 0.295 e. The van der Waals surface area contributed by atoms with E-state index < -0.39 is 0 Å². The fraction of sp³-hybridized carbons (Fsp3) is 0.640. The van der Waals surface area contributed by atoms with E-state index in [0.29, 0.717) is 35.7 Å². The number of hydrogen-bond acceptors (Lipinski definition) is 3. The lowest BCUT2D eigenvalue weighted by atomic mass is 9.47. The first-order valence-corrected chi connectivity index (χ1v) is 11.2. The van der Waals surface area contributed by atoms with Crippen LogP contribution in [0.3, 0.4) is 0 Å². The van der Waals surface area contributed by atoms with Gasteiger partial charge in [0.05, 0.1) is 6.20 Å². The molecule has 154 valence electrons. The van der Waals surface area contributed by atoms with Crippen molar-refractivity contribution < 1.29 is 9.59 Å². The molecular formula is C25H32N2O2. The van der Waals surface area contributed by atoms with Crippen molar-refractivity contribution >= 4 is 17.6 Å². The number of rotatable bonds is 1. The van der Waals surface area contributed by atoms with Crippen molar-refractivity contribution in [3.63, 3.8) is 0 Å². The lowest BCUT2D eigenvalue weighted by Crippen LogP contribution is -2.50. The van der Waals surface area contributed by atoms with Gasteiger partial charge in [-0.05, 0) is 86.3 Å². The summed E-state index contributed by atoms with van der Waals surface area (Å²) in [6, 6.07) is 0. The molecule has 1 heterocycles. The molecule has 5 atom stereocenters. The molecule has 29 heavy (non-hydrogen) atoms. The minimum Gasteiger partial charge on any atom is -0.295 e. The molecule has 5 rings (SSSR count). The van der Waals surface area contributed by atoms with E-state index in [-0.39, 0.29) is 10.8 Å². The number of hydrogen-bond donors (Lipinski definition) is 0. The van der Waals surface area contributed by atoms with E-state index in [2.05, 4.69) is 31.9 Å². The first-order valence-electron chi connectivity index (χ1n) is 11.2. The first-order chi connectivity index (χ1) is 13.7. The highest BCUT2D eigenvalue weighted by atomic mass is 16.1. The summed E-state index contributed by atoms with van der Waals surface area (Å²) in [5, 5.41) is 4.34. The molecule has 4 aliphatic rings. The summed E-state index contributed by atoms with van der Waals surface area (Å²) in [4.78, 5) is 25.5. The summed E-state index contributed by atoms with van der Waals surface area (Å²) >= 11 is 0. The molecule has 0 amide bonds. The Labute approximate surface area is 173 Å².